The van der Waals surface area contributed by atoms with Crippen LogP contribution in [0.15, 0.2) is 18.2 Å². The molecule has 8 heteroatoms. The van der Waals surface area contributed by atoms with Crippen molar-refractivity contribution in [1.82, 2.24) is 20.4 Å². The van der Waals surface area contributed by atoms with E-state index in [1.165, 1.54) is 6.07 Å². The number of likely N-dealkylation sites (tertiary alicyclic amines) is 1. The van der Waals surface area contributed by atoms with Crippen LogP contribution in [0.5, 0.6) is 11.5 Å². The molecular weight excluding hydrogens is 336 g/mol. The summed E-state index contributed by atoms with van der Waals surface area (Å²) in [5.74, 6) is -0.755. The summed E-state index contributed by atoms with van der Waals surface area (Å²) < 4.78 is 0. The van der Waals surface area contributed by atoms with Gasteiger partial charge in [-0.3, -0.25) is 14.7 Å². The number of rotatable bonds is 3. The summed E-state index contributed by atoms with van der Waals surface area (Å²) in [6.45, 7) is 6.03. The van der Waals surface area contributed by atoms with Gasteiger partial charge in [0.05, 0.1) is 5.54 Å². The predicted octanol–water partition coefficient (Wildman–Crippen LogP) is 1.47. The zero-order valence-corrected chi connectivity index (χ0v) is 15.0. The molecule has 138 valence electrons. The number of carbonyl (C=O) groups is 2. The van der Waals surface area contributed by atoms with Crippen molar-refractivity contribution in [1.29, 1.82) is 0 Å². The number of amides is 2. The fourth-order valence-corrected chi connectivity index (χ4v) is 3.08. The summed E-state index contributed by atoms with van der Waals surface area (Å²) >= 11 is 0. The van der Waals surface area contributed by atoms with Crippen molar-refractivity contribution in [2.45, 2.75) is 32.7 Å². The van der Waals surface area contributed by atoms with Crippen LogP contribution in [0.4, 0.5) is 0 Å². The van der Waals surface area contributed by atoms with E-state index >= 15 is 0 Å². The summed E-state index contributed by atoms with van der Waals surface area (Å²) in [6.07, 6.45) is 0.580. The summed E-state index contributed by atoms with van der Waals surface area (Å²) in [7, 11) is 0. The Bertz CT molecular complexity index is 876. The van der Waals surface area contributed by atoms with Gasteiger partial charge in [0.15, 0.2) is 11.4 Å². The first-order valence-electron chi connectivity index (χ1n) is 8.35. The zero-order valence-electron chi connectivity index (χ0n) is 15.0. The van der Waals surface area contributed by atoms with Gasteiger partial charge in [-0.2, -0.15) is 5.10 Å². The van der Waals surface area contributed by atoms with E-state index in [4.69, 9.17) is 0 Å². The van der Waals surface area contributed by atoms with Crippen LogP contribution in [0.25, 0.3) is 0 Å². The highest BCUT2D eigenvalue weighted by Gasteiger charge is 2.38. The van der Waals surface area contributed by atoms with Gasteiger partial charge in [-0.15, -0.1) is 0 Å². The van der Waals surface area contributed by atoms with Crippen molar-refractivity contribution in [3.63, 3.8) is 0 Å². The first kappa shape index (κ1) is 17.8. The quantitative estimate of drug-likeness (QED) is 0.663. The normalized spacial score (nSPS) is 19.6. The SMILES string of the molecule is Cc1ccc(C(=O)N2CCC(C)(NC(=O)c3[nH]nc(C)c3O)C2)cc1O. The van der Waals surface area contributed by atoms with Gasteiger partial charge in [0.2, 0.25) is 0 Å². The van der Waals surface area contributed by atoms with Gasteiger partial charge >= 0.3 is 0 Å². The van der Waals surface area contributed by atoms with Crippen LogP contribution in [0, 0.1) is 13.8 Å². The van der Waals surface area contributed by atoms with E-state index in [9.17, 15) is 19.8 Å². The van der Waals surface area contributed by atoms with Gasteiger partial charge in [0.25, 0.3) is 11.8 Å². The summed E-state index contributed by atoms with van der Waals surface area (Å²) in [4.78, 5) is 26.7. The van der Waals surface area contributed by atoms with E-state index in [0.29, 0.717) is 36.3 Å². The lowest BCUT2D eigenvalue weighted by Gasteiger charge is -2.26. The fraction of sp³-hybridized carbons (Fsp3) is 0.389. The number of phenols is 1. The second-order valence-electron chi connectivity index (χ2n) is 7.03. The van der Waals surface area contributed by atoms with Crippen molar-refractivity contribution in [3.05, 3.63) is 40.7 Å². The molecule has 2 aromatic rings. The number of carbonyl (C=O) groups excluding carboxylic acids is 2. The van der Waals surface area contributed by atoms with Crippen molar-refractivity contribution in [2.24, 2.45) is 0 Å². The van der Waals surface area contributed by atoms with Crippen LogP contribution >= 0.6 is 0 Å². The number of hydrogen-bond acceptors (Lipinski definition) is 5. The van der Waals surface area contributed by atoms with Gasteiger partial charge in [0, 0.05) is 18.7 Å². The van der Waals surface area contributed by atoms with Crippen molar-refractivity contribution < 1.29 is 19.8 Å². The Morgan fingerprint density at radius 1 is 1.31 bits per heavy atom. The molecule has 1 aromatic carbocycles. The molecule has 26 heavy (non-hydrogen) atoms. The average Bonchev–Trinajstić information content (AvgIpc) is 3.13. The molecule has 1 aromatic heterocycles. The Balaban J connectivity index is 1.70. The average molecular weight is 358 g/mol. The zero-order chi connectivity index (χ0) is 19.1. The second-order valence-corrected chi connectivity index (χ2v) is 7.03. The Kier molecular flexibility index (Phi) is 4.35. The minimum atomic E-state index is -0.620. The number of aryl methyl sites for hydroxylation is 2. The highest BCUT2D eigenvalue weighted by atomic mass is 16.3. The fourth-order valence-electron chi connectivity index (χ4n) is 3.08. The molecule has 0 aliphatic carbocycles. The molecule has 3 rings (SSSR count). The summed E-state index contributed by atoms with van der Waals surface area (Å²) in [6, 6.07) is 4.83. The largest absolute Gasteiger partial charge is 0.508 e. The van der Waals surface area contributed by atoms with Gasteiger partial charge in [-0.1, -0.05) is 6.07 Å². The molecular formula is C18H22N4O4. The Labute approximate surface area is 150 Å². The molecule has 1 saturated heterocycles. The molecule has 1 fully saturated rings. The number of benzene rings is 1. The molecule has 1 unspecified atom stereocenters. The number of nitrogens with one attached hydrogen (secondary N) is 2. The number of aromatic hydroxyl groups is 2. The number of phenolic OH excluding ortho intramolecular Hbond substituents is 1. The van der Waals surface area contributed by atoms with Crippen molar-refractivity contribution in [2.75, 3.05) is 13.1 Å². The van der Waals surface area contributed by atoms with E-state index in [-0.39, 0.29) is 23.1 Å². The molecule has 0 radical (unpaired) electrons. The van der Waals surface area contributed by atoms with E-state index in [2.05, 4.69) is 15.5 Å². The van der Waals surface area contributed by atoms with Crippen LogP contribution < -0.4 is 5.32 Å². The number of aromatic amines is 1. The molecule has 2 amide bonds. The summed E-state index contributed by atoms with van der Waals surface area (Å²) in [5, 5.41) is 28.9. The topological polar surface area (TPSA) is 119 Å². The van der Waals surface area contributed by atoms with E-state index < -0.39 is 11.4 Å². The lowest BCUT2D eigenvalue weighted by atomic mass is 10.0. The van der Waals surface area contributed by atoms with E-state index in [1.807, 2.05) is 6.92 Å². The number of aromatic nitrogens is 2. The van der Waals surface area contributed by atoms with Crippen LogP contribution in [0.1, 0.15) is 45.4 Å². The summed E-state index contributed by atoms with van der Waals surface area (Å²) in [5.41, 5.74) is 0.852. The molecule has 0 bridgehead atoms. The molecule has 0 spiro atoms. The third-order valence-electron chi connectivity index (χ3n) is 4.77. The molecule has 8 nitrogen and oxygen atoms in total. The first-order chi connectivity index (χ1) is 12.2. The monoisotopic (exact) mass is 358 g/mol. The molecule has 2 heterocycles. The predicted molar refractivity (Wildman–Crippen MR) is 94.2 cm³/mol. The maximum atomic E-state index is 12.7. The number of hydrogen-bond donors (Lipinski definition) is 4. The lowest BCUT2D eigenvalue weighted by molar-refractivity contribution is 0.0767. The number of nitrogens with zero attached hydrogens (tertiary/aromatic N) is 2. The van der Waals surface area contributed by atoms with E-state index in [1.54, 1.807) is 30.9 Å². The highest BCUT2D eigenvalue weighted by molar-refractivity contribution is 5.96. The molecule has 4 N–H and O–H groups in total. The molecule has 0 saturated carbocycles. The van der Waals surface area contributed by atoms with Crippen molar-refractivity contribution >= 4 is 11.8 Å². The van der Waals surface area contributed by atoms with Crippen LogP contribution in [-0.2, 0) is 0 Å². The Hall–Kier alpha value is -3.03. The van der Waals surface area contributed by atoms with Gasteiger partial charge < -0.3 is 20.4 Å². The van der Waals surface area contributed by atoms with Crippen LogP contribution in [0.3, 0.4) is 0 Å². The number of H-pyrrole nitrogens is 1. The van der Waals surface area contributed by atoms with Gasteiger partial charge in [-0.25, -0.2) is 0 Å². The minimum Gasteiger partial charge on any atom is -0.508 e. The standard InChI is InChI=1S/C18H22N4O4/c1-10-4-5-12(8-13(10)23)17(26)22-7-6-18(3,9-22)19-16(25)14-15(24)11(2)20-21-14/h4-5,8,23-24H,6-7,9H2,1-3H3,(H,19,25)(H,20,21). The molecule has 1 aliphatic heterocycles. The third-order valence-corrected chi connectivity index (χ3v) is 4.77. The minimum absolute atomic E-state index is 0.0111. The second kappa shape index (κ2) is 6.36. The highest BCUT2D eigenvalue weighted by Crippen LogP contribution is 2.26. The van der Waals surface area contributed by atoms with E-state index in [0.717, 1.165) is 0 Å². The molecule has 1 aliphatic rings. The lowest BCUT2D eigenvalue weighted by Crippen LogP contribution is -2.48. The third kappa shape index (κ3) is 3.22. The Morgan fingerprint density at radius 3 is 2.65 bits per heavy atom. The van der Waals surface area contributed by atoms with Gasteiger partial charge in [-0.05, 0) is 44.9 Å². The maximum absolute atomic E-state index is 12.7. The van der Waals surface area contributed by atoms with Crippen LogP contribution in [0.2, 0.25) is 0 Å². The maximum Gasteiger partial charge on any atom is 0.273 e. The van der Waals surface area contributed by atoms with Gasteiger partial charge in [0.1, 0.15) is 11.4 Å². The smallest absolute Gasteiger partial charge is 0.273 e. The Morgan fingerprint density at radius 2 is 2.04 bits per heavy atom. The first-order valence-corrected chi connectivity index (χ1v) is 8.35. The van der Waals surface area contributed by atoms with Crippen molar-refractivity contribution in [3.8, 4) is 11.5 Å². The molecule has 1 atom stereocenters. The van der Waals surface area contributed by atoms with Crippen LogP contribution in [-0.4, -0.2) is 55.8 Å².